The first-order chi connectivity index (χ1) is 2.27. The first kappa shape index (κ1) is 9.94. The van der Waals surface area contributed by atoms with E-state index in [1.54, 1.807) is 9.47 Å². The van der Waals surface area contributed by atoms with Crippen LogP contribution in [0.25, 0.3) is 0 Å². The van der Waals surface area contributed by atoms with E-state index < -0.39 is 11.0 Å². The summed E-state index contributed by atoms with van der Waals surface area (Å²) in [5.74, 6) is 0. The zero-order valence-electron chi connectivity index (χ0n) is 2.66. The highest BCUT2D eigenvalue weighted by molar-refractivity contribution is 8.93. The second-order valence-corrected chi connectivity index (χ2v) is 1.62. The molecule has 6 heavy (non-hydrogen) atoms. The molecule has 3 nitrogen and oxygen atoms in total. The van der Waals surface area contributed by atoms with E-state index in [0.29, 0.717) is 0 Å². The molecule has 0 aromatic rings. The van der Waals surface area contributed by atoms with Crippen LogP contribution in [0.1, 0.15) is 0 Å². The Balaban J connectivity index is 0. The van der Waals surface area contributed by atoms with Crippen molar-refractivity contribution in [1.82, 2.24) is 0 Å². The standard InChI is InChI=1S/BrH.H3O3PS/c;1-5(2)3-4/h1H;5H,4H2. The van der Waals surface area contributed by atoms with Crippen molar-refractivity contribution in [2.45, 2.75) is 0 Å². The average molecular weight is 195 g/mol. The maximum Gasteiger partial charge on any atom is 0.259 e. The van der Waals surface area contributed by atoms with Crippen LogP contribution in [0.2, 0.25) is 0 Å². The van der Waals surface area contributed by atoms with Crippen molar-refractivity contribution >= 4 is 37.4 Å². The molecule has 0 spiro atoms. The molecule has 0 N–H and O–H groups in total. The Morgan fingerprint density at radius 3 is 1.67 bits per heavy atom. The highest BCUT2D eigenvalue weighted by atomic mass is 79.9. The molecule has 0 aromatic heterocycles. The van der Waals surface area contributed by atoms with Crippen molar-refractivity contribution in [3.8, 4) is 0 Å². The number of rotatable bonds is 1. The molecule has 0 saturated carbocycles. The Hall–Kier alpha value is 0.820. The largest absolute Gasteiger partial charge is 0.259 e. The number of halogens is 1. The van der Waals surface area contributed by atoms with Gasteiger partial charge in [0.2, 0.25) is 0 Å². The second kappa shape index (κ2) is 5.82. The van der Waals surface area contributed by atoms with Gasteiger partial charge in [-0.1, -0.05) is 0 Å². The molecule has 0 heterocycles. The lowest BCUT2D eigenvalue weighted by molar-refractivity contribution is 0.543. The van der Waals surface area contributed by atoms with Crippen molar-refractivity contribution in [2.24, 2.45) is 0 Å². The molecule has 0 rings (SSSR count). The maximum atomic E-state index is 9.16. The fourth-order valence-electron chi connectivity index (χ4n) is 0. The quantitative estimate of drug-likeness (QED) is 0.469. The third-order valence-corrected chi connectivity index (χ3v) is 0.775. The fourth-order valence-corrected chi connectivity index (χ4v) is 0. The van der Waals surface area contributed by atoms with Crippen LogP contribution in [0.5, 0.6) is 0 Å². The Bertz CT molecular complexity index is 68.9. The first-order valence-electron chi connectivity index (χ1n) is 0.783. The molecule has 1 atom stereocenters. The van der Waals surface area contributed by atoms with Gasteiger partial charge in [-0.05, 0) is 0 Å². The minimum atomic E-state index is -2.64. The zero-order chi connectivity index (χ0) is 4.28. The van der Waals surface area contributed by atoms with Gasteiger partial charge in [-0.2, -0.15) is 0 Å². The van der Waals surface area contributed by atoms with Crippen molar-refractivity contribution in [2.75, 3.05) is 0 Å². The summed E-state index contributed by atoms with van der Waals surface area (Å²) >= 11 is 0. The summed E-state index contributed by atoms with van der Waals surface area (Å²) in [6.45, 7) is 0. The van der Waals surface area contributed by atoms with Crippen LogP contribution in [0.15, 0.2) is 0 Å². The molecule has 1 unspecified atom stereocenters. The summed E-state index contributed by atoms with van der Waals surface area (Å²) in [5, 5.41) is 0. The molecule has 0 fully saturated rings. The van der Waals surface area contributed by atoms with Crippen LogP contribution >= 0.6 is 26.4 Å². The van der Waals surface area contributed by atoms with E-state index in [2.05, 4.69) is 3.97 Å². The van der Waals surface area contributed by atoms with Gasteiger partial charge in [0.05, 0.1) is 0 Å². The van der Waals surface area contributed by atoms with Crippen LogP contribution < -0.4 is 0 Å². The Labute approximate surface area is 50.3 Å². The molecule has 40 valence electrons. The minimum absolute atomic E-state index is 0. The topological polar surface area (TPSA) is 43.4 Å². The summed E-state index contributed by atoms with van der Waals surface area (Å²) in [6, 6.07) is 0. The lowest BCUT2D eigenvalue weighted by Gasteiger charge is -1.66. The van der Waals surface area contributed by atoms with Crippen molar-refractivity contribution in [1.29, 1.82) is 0 Å². The molecule has 0 aliphatic rings. The molecule has 0 amide bonds. The van der Waals surface area contributed by atoms with Gasteiger partial charge in [0.15, 0.2) is 0 Å². The zero-order valence-corrected chi connectivity index (χ0v) is 6.42. The predicted octanol–water partition coefficient (Wildman–Crippen LogP) is -0.103. The monoisotopic (exact) mass is 194 g/mol. The summed E-state index contributed by atoms with van der Waals surface area (Å²) < 4.78 is 21.9. The molecule has 0 saturated heterocycles. The van der Waals surface area contributed by atoms with E-state index in [9.17, 15) is 0 Å². The average Bonchev–Trinajstić information content (AvgIpc) is 1.38. The van der Waals surface area contributed by atoms with Crippen LogP contribution in [0.4, 0.5) is 0 Å². The fraction of sp³-hybridized carbons (Fsp3) is 0. The van der Waals surface area contributed by atoms with Gasteiger partial charge in [-0.25, -0.2) is 8.42 Å². The van der Waals surface area contributed by atoms with Crippen molar-refractivity contribution < 1.29 is 12.4 Å². The molecular formula is H4BrO3PS. The number of thiol groups is 1. The molecule has 0 aromatic carbocycles. The van der Waals surface area contributed by atoms with E-state index in [1.807, 2.05) is 0 Å². The van der Waals surface area contributed by atoms with Gasteiger partial charge in [-0.3, -0.25) is 3.97 Å². The van der Waals surface area contributed by atoms with E-state index in [1.165, 1.54) is 0 Å². The third-order valence-electron chi connectivity index (χ3n) is 0.0861. The summed E-state index contributed by atoms with van der Waals surface area (Å²) in [7, 11) is -1.04. The van der Waals surface area contributed by atoms with Crippen LogP contribution in [-0.2, 0) is 15.0 Å². The van der Waals surface area contributed by atoms with E-state index >= 15 is 0 Å². The second-order valence-electron chi connectivity index (χ2n) is 0.329. The predicted molar refractivity (Wildman–Crippen MR) is 31.4 cm³/mol. The Kier molecular flexibility index (Phi) is 9.65. The molecule has 0 aliphatic heterocycles. The molecule has 0 bridgehead atoms. The maximum absolute atomic E-state index is 9.16. The smallest absolute Gasteiger partial charge is 0.256 e. The van der Waals surface area contributed by atoms with Gasteiger partial charge in [0.25, 0.3) is 11.0 Å². The van der Waals surface area contributed by atoms with Crippen molar-refractivity contribution in [3.63, 3.8) is 0 Å². The van der Waals surface area contributed by atoms with Crippen molar-refractivity contribution in [3.05, 3.63) is 0 Å². The van der Waals surface area contributed by atoms with Crippen LogP contribution in [-0.4, -0.2) is 8.42 Å². The first-order valence-corrected chi connectivity index (χ1v) is 2.35. The van der Waals surface area contributed by atoms with Crippen LogP contribution in [0, 0.1) is 0 Å². The summed E-state index contributed by atoms with van der Waals surface area (Å²) in [4.78, 5) is 0. The molecule has 0 radical (unpaired) electrons. The number of hydrogen-bond acceptors (Lipinski definition) is 3. The van der Waals surface area contributed by atoms with Gasteiger partial charge < -0.3 is 0 Å². The van der Waals surface area contributed by atoms with E-state index in [-0.39, 0.29) is 17.0 Å². The van der Waals surface area contributed by atoms with Gasteiger partial charge >= 0.3 is 0 Å². The molecule has 0 aliphatic carbocycles. The Morgan fingerprint density at radius 2 is 1.67 bits per heavy atom. The molecular weight excluding hydrogens is 191 g/mol. The normalized spacial score (nSPS) is 7.67. The lowest BCUT2D eigenvalue weighted by Crippen LogP contribution is -1.63. The van der Waals surface area contributed by atoms with Gasteiger partial charge in [0.1, 0.15) is 0 Å². The Morgan fingerprint density at radius 1 is 1.50 bits per heavy atom. The minimum Gasteiger partial charge on any atom is -0.256 e. The van der Waals surface area contributed by atoms with E-state index in [0.717, 1.165) is 0 Å². The molecule has 6 heteroatoms. The summed E-state index contributed by atoms with van der Waals surface area (Å²) in [6.07, 6.45) is 0. The lowest BCUT2D eigenvalue weighted by atomic mass is 15.8. The SMILES string of the molecule is Br.O=[SH](=O)OP. The number of hydrogen-bond donors (Lipinski definition) is 1. The van der Waals surface area contributed by atoms with Crippen LogP contribution in [0.3, 0.4) is 0 Å². The third kappa shape index (κ3) is 8.84. The van der Waals surface area contributed by atoms with Gasteiger partial charge in [0, 0.05) is 9.47 Å². The highest BCUT2D eigenvalue weighted by Crippen LogP contribution is 1.78. The van der Waals surface area contributed by atoms with Gasteiger partial charge in [-0.15, -0.1) is 17.0 Å². The summed E-state index contributed by atoms with van der Waals surface area (Å²) in [5.41, 5.74) is 0. The van der Waals surface area contributed by atoms with E-state index in [4.69, 9.17) is 8.42 Å². The highest BCUT2D eigenvalue weighted by Gasteiger charge is 1.62.